The summed E-state index contributed by atoms with van der Waals surface area (Å²) in [6.45, 7) is 2.39. The predicted molar refractivity (Wildman–Crippen MR) is 45.7 cm³/mol. The standard InChI is InChI=1S/C9H11NO2/c1-7-2-3-9(12)4-8(7)5-10-6-11/h2-4,6,12H,5H2,1H3,(H,10,11). The van der Waals surface area contributed by atoms with Crippen molar-refractivity contribution >= 4 is 6.41 Å². The third-order valence-corrected chi connectivity index (χ3v) is 1.71. The van der Waals surface area contributed by atoms with Crippen molar-refractivity contribution in [2.45, 2.75) is 13.5 Å². The molecule has 0 aromatic heterocycles. The SMILES string of the molecule is Cc1ccc(O)cc1CNC=O. The van der Waals surface area contributed by atoms with Crippen LogP contribution in [0.1, 0.15) is 11.1 Å². The van der Waals surface area contributed by atoms with Crippen LogP contribution in [0.25, 0.3) is 0 Å². The number of carbonyl (C=O) groups is 1. The highest BCUT2D eigenvalue weighted by atomic mass is 16.3. The van der Waals surface area contributed by atoms with Crippen molar-refractivity contribution in [3.63, 3.8) is 0 Å². The minimum absolute atomic E-state index is 0.225. The first-order valence-corrected chi connectivity index (χ1v) is 3.69. The Morgan fingerprint density at radius 2 is 2.33 bits per heavy atom. The summed E-state index contributed by atoms with van der Waals surface area (Å²) in [7, 11) is 0. The number of phenolic OH excluding ortho intramolecular Hbond substituents is 1. The molecule has 1 aromatic carbocycles. The van der Waals surface area contributed by atoms with Crippen molar-refractivity contribution in [1.29, 1.82) is 0 Å². The molecule has 2 N–H and O–H groups in total. The summed E-state index contributed by atoms with van der Waals surface area (Å²) in [5, 5.41) is 11.7. The van der Waals surface area contributed by atoms with E-state index in [1.807, 2.05) is 13.0 Å². The van der Waals surface area contributed by atoms with Gasteiger partial charge in [-0.25, -0.2) is 0 Å². The lowest BCUT2D eigenvalue weighted by molar-refractivity contribution is -0.109. The highest BCUT2D eigenvalue weighted by Gasteiger charge is 1.97. The van der Waals surface area contributed by atoms with Gasteiger partial charge >= 0.3 is 0 Å². The van der Waals surface area contributed by atoms with E-state index in [1.54, 1.807) is 12.1 Å². The summed E-state index contributed by atoms with van der Waals surface area (Å²) in [5.41, 5.74) is 1.99. The minimum Gasteiger partial charge on any atom is -0.508 e. The third kappa shape index (κ3) is 1.99. The second-order valence-corrected chi connectivity index (χ2v) is 2.61. The number of amides is 1. The highest BCUT2D eigenvalue weighted by Crippen LogP contribution is 2.15. The number of aromatic hydroxyl groups is 1. The quantitative estimate of drug-likeness (QED) is 0.655. The lowest BCUT2D eigenvalue weighted by atomic mass is 10.1. The largest absolute Gasteiger partial charge is 0.508 e. The van der Waals surface area contributed by atoms with Crippen LogP contribution in [0.4, 0.5) is 0 Å². The van der Waals surface area contributed by atoms with Gasteiger partial charge in [-0.2, -0.15) is 0 Å². The first-order valence-electron chi connectivity index (χ1n) is 3.69. The maximum Gasteiger partial charge on any atom is 0.207 e. The second-order valence-electron chi connectivity index (χ2n) is 2.61. The fourth-order valence-electron chi connectivity index (χ4n) is 1.000. The molecule has 1 rings (SSSR count). The van der Waals surface area contributed by atoms with Gasteiger partial charge in [0.1, 0.15) is 5.75 Å². The van der Waals surface area contributed by atoms with Gasteiger partial charge in [0.05, 0.1) is 0 Å². The maximum absolute atomic E-state index is 10.0. The lowest BCUT2D eigenvalue weighted by Gasteiger charge is -2.04. The van der Waals surface area contributed by atoms with Crippen molar-refractivity contribution in [3.05, 3.63) is 29.3 Å². The lowest BCUT2D eigenvalue weighted by Crippen LogP contribution is -2.10. The van der Waals surface area contributed by atoms with Crippen molar-refractivity contribution in [1.82, 2.24) is 5.32 Å². The fourth-order valence-corrected chi connectivity index (χ4v) is 1.000. The van der Waals surface area contributed by atoms with Crippen LogP contribution in [0.15, 0.2) is 18.2 Å². The van der Waals surface area contributed by atoms with Gasteiger partial charge in [-0.3, -0.25) is 4.79 Å². The van der Waals surface area contributed by atoms with Crippen LogP contribution in [0.3, 0.4) is 0 Å². The van der Waals surface area contributed by atoms with Crippen LogP contribution in [-0.2, 0) is 11.3 Å². The Morgan fingerprint density at radius 3 is 3.00 bits per heavy atom. The molecule has 12 heavy (non-hydrogen) atoms. The highest BCUT2D eigenvalue weighted by molar-refractivity contribution is 5.47. The molecule has 0 aliphatic carbocycles. The van der Waals surface area contributed by atoms with Crippen LogP contribution < -0.4 is 5.32 Å². The molecule has 0 fully saturated rings. The van der Waals surface area contributed by atoms with Crippen LogP contribution in [0.5, 0.6) is 5.75 Å². The summed E-state index contributed by atoms with van der Waals surface area (Å²) in [6, 6.07) is 5.09. The average molecular weight is 165 g/mol. The Labute approximate surface area is 71.0 Å². The zero-order valence-corrected chi connectivity index (χ0v) is 6.87. The number of rotatable bonds is 3. The summed E-state index contributed by atoms with van der Waals surface area (Å²) in [4.78, 5) is 10.0. The average Bonchev–Trinajstić information content (AvgIpc) is 2.07. The van der Waals surface area contributed by atoms with E-state index in [9.17, 15) is 4.79 Å². The number of hydrogen-bond donors (Lipinski definition) is 2. The Balaban J connectivity index is 2.82. The van der Waals surface area contributed by atoms with E-state index in [4.69, 9.17) is 5.11 Å². The van der Waals surface area contributed by atoms with Gasteiger partial charge in [-0.15, -0.1) is 0 Å². The van der Waals surface area contributed by atoms with Gasteiger partial charge in [0, 0.05) is 6.54 Å². The predicted octanol–water partition coefficient (Wildman–Crippen LogP) is 0.947. The Bertz CT molecular complexity index is 284. The van der Waals surface area contributed by atoms with Gasteiger partial charge in [0.25, 0.3) is 0 Å². The Kier molecular flexibility index (Phi) is 2.69. The minimum atomic E-state index is 0.225. The fraction of sp³-hybridized carbons (Fsp3) is 0.222. The first kappa shape index (κ1) is 8.59. The van der Waals surface area contributed by atoms with Crippen LogP contribution in [0.2, 0.25) is 0 Å². The monoisotopic (exact) mass is 165 g/mol. The van der Waals surface area contributed by atoms with E-state index < -0.39 is 0 Å². The first-order chi connectivity index (χ1) is 5.74. The zero-order valence-electron chi connectivity index (χ0n) is 6.87. The van der Waals surface area contributed by atoms with Crippen LogP contribution >= 0.6 is 0 Å². The van der Waals surface area contributed by atoms with E-state index >= 15 is 0 Å². The molecule has 0 spiro atoms. The number of hydrogen-bond acceptors (Lipinski definition) is 2. The van der Waals surface area contributed by atoms with E-state index in [1.165, 1.54) is 0 Å². The summed E-state index contributed by atoms with van der Waals surface area (Å²) < 4.78 is 0. The zero-order chi connectivity index (χ0) is 8.97. The molecule has 0 heterocycles. The summed E-state index contributed by atoms with van der Waals surface area (Å²) >= 11 is 0. The molecule has 0 radical (unpaired) electrons. The molecule has 1 amide bonds. The van der Waals surface area contributed by atoms with E-state index in [-0.39, 0.29) is 5.75 Å². The second kappa shape index (κ2) is 3.76. The molecular weight excluding hydrogens is 154 g/mol. The molecule has 3 nitrogen and oxygen atoms in total. The van der Waals surface area contributed by atoms with Crippen molar-refractivity contribution in [3.8, 4) is 5.75 Å². The van der Waals surface area contributed by atoms with Gasteiger partial charge in [0.15, 0.2) is 0 Å². The van der Waals surface area contributed by atoms with Gasteiger partial charge < -0.3 is 10.4 Å². The van der Waals surface area contributed by atoms with Crippen LogP contribution in [-0.4, -0.2) is 11.5 Å². The number of carbonyl (C=O) groups excluding carboxylic acids is 1. The molecule has 64 valence electrons. The normalized spacial score (nSPS) is 9.42. The molecule has 3 heteroatoms. The van der Waals surface area contributed by atoms with E-state index in [0.29, 0.717) is 13.0 Å². The third-order valence-electron chi connectivity index (χ3n) is 1.71. The smallest absolute Gasteiger partial charge is 0.207 e. The Hall–Kier alpha value is -1.51. The topological polar surface area (TPSA) is 49.3 Å². The molecule has 0 aliphatic rings. The van der Waals surface area contributed by atoms with Crippen molar-refractivity contribution < 1.29 is 9.90 Å². The maximum atomic E-state index is 10.0. The number of phenols is 1. The van der Waals surface area contributed by atoms with Crippen LogP contribution in [0, 0.1) is 6.92 Å². The Morgan fingerprint density at radius 1 is 1.58 bits per heavy atom. The van der Waals surface area contributed by atoms with Gasteiger partial charge in [0.2, 0.25) is 6.41 Å². The van der Waals surface area contributed by atoms with E-state index in [0.717, 1.165) is 11.1 Å². The summed E-state index contributed by atoms with van der Waals surface area (Å²) in [5.74, 6) is 0.225. The molecular formula is C9H11NO2. The molecule has 0 unspecified atom stereocenters. The number of aryl methyl sites for hydroxylation is 1. The van der Waals surface area contributed by atoms with Crippen molar-refractivity contribution in [2.24, 2.45) is 0 Å². The molecule has 0 aliphatic heterocycles. The van der Waals surface area contributed by atoms with Gasteiger partial charge in [-0.1, -0.05) is 6.07 Å². The molecule has 0 saturated carbocycles. The molecule has 1 aromatic rings. The molecule has 0 saturated heterocycles. The molecule has 0 atom stereocenters. The summed E-state index contributed by atoms with van der Waals surface area (Å²) in [6.07, 6.45) is 0.642. The van der Waals surface area contributed by atoms with Crippen molar-refractivity contribution in [2.75, 3.05) is 0 Å². The van der Waals surface area contributed by atoms with Gasteiger partial charge in [-0.05, 0) is 30.2 Å². The number of benzene rings is 1. The van der Waals surface area contributed by atoms with E-state index in [2.05, 4.69) is 5.32 Å². The molecule has 0 bridgehead atoms. The number of nitrogens with one attached hydrogen (secondary N) is 1.